The average molecular weight is 1510 g/mol. The first kappa shape index (κ1) is 82.3. The normalized spacial score (nSPS) is 19.6. The first-order valence-electron chi connectivity index (χ1n) is 35.3. The topological polar surface area (TPSA) is 339 Å². The standard InChI is InChI=1S/C75H101N5O24Si2/c1-18-30-96-71(87)76-56-38-62(60(92-12)36-54(56)68(85)79-44-75(28-29-75)39-52(79)43-99-106(16,17)74(8,9)10)95-32-23-19-22-31-94-61-37-55(53(35-59(61)91-11)67(84)78-40-50-25-21-20-24-49(50)34-51(78)42-98-105(14,15)73(5,6)7)77-72(88)97-41-48-26-27-58(57(33-48)80(89)90)103-70-66(102-47(4)83)64(101-46(3)82)63(100-45(2)81)65(104-70)69(86)93-13/h18,20-21,24-27,33,35-38,51-52,63-66,70H,1,19,22-23,28-32,34,39-44H2,2-17H3,(H,76,87)(H,77,88)/t51-,52-,63-,64-,65-,66+,70+/m0/s1. The highest BCUT2D eigenvalue weighted by molar-refractivity contribution is 6.74. The van der Waals surface area contributed by atoms with E-state index in [9.17, 15) is 43.7 Å². The van der Waals surface area contributed by atoms with Crippen molar-refractivity contribution in [3.63, 3.8) is 0 Å². The van der Waals surface area contributed by atoms with E-state index in [4.69, 9.17) is 65.7 Å². The summed E-state index contributed by atoms with van der Waals surface area (Å²) in [7, 11) is -0.633. The molecule has 31 heteroatoms. The number of hydrogen-bond donors (Lipinski definition) is 2. The number of hydrogen-bond acceptors (Lipinski definition) is 24. The van der Waals surface area contributed by atoms with E-state index in [0.29, 0.717) is 38.8 Å². The Morgan fingerprint density at radius 2 is 1.17 bits per heavy atom. The highest BCUT2D eigenvalue weighted by atomic mass is 28.4. The van der Waals surface area contributed by atoms with Crippen LogP contribution in [0.4, 0.5) is 26.7 Å². The van der Waals surface area contributed by atoms with E-state index < -0.39 is 118 Å². The molecule has 1 aliphatic carbocycles. The Kier molecular flexibility index (Phi) is 27.2. The number of nitro benzene ring substituents is 1. The predicted molar refractivity (Wildman–Crippen MR) is 392 cm³/mol. The van der Waals surface area contributed by atoms with E-state index in [-0.39, 0.29) is 111 Å². The monoisotopic (exact) mass is 1510 g/mol. The third-order valence-corrected chi connectivity index (χ3v) is 29.2. The molecule has 4 aromatic rings. The molecule has 0 bridgehead atoms. The second kappa shape index (κ2) is 34.9. The first-order chi connectivity index (χ1) is 49.9. The van der Waals surface area contributed by atoms with Crippen molar-refractivity contribution in [2.24, 2.45) is 5.41 Å². The van der Waals surface area contributed by atoms with Crippen molar-refractivity contribution in [1.29, 1.82) is 0 Å². The number of nitro groups is 1. The van der Waals surface area contributed by atoms with Gasteiger partial charge in [-0.25, -0.2) is 14.4 Å². The van der Waals surface area contributed by atoms with E-state index in [0.717, 1.165) is 70.4 Å². The summed E-state index contributed by atoms with van der Waals surface area (Å²) in [6.07, 6.45) is -4.66. The van der Waals surface area contributed by atoms with Gasteiger partial charge < -0.3 is 75.5 Å². The third kappa shape index (κ3) is 20.6. The number of methoxy groups -OCH3 is 3. The number of unbranched alkanes of at least 4 members (excludes halogenated alkanes) is 2. The lowest BCUT2D eigenvalue weighted by Gasteiger charge is -2.42. The van der Waals surface area contributed by atoms with Gasteiger partial charge in [-0.1, -0.05) is 84.5 Å². The Morgan fingerprint density at radius 1 is 0.651 bits per heavy atom. The number of esters is 4. The van der Waals surface area contributed by atoms with E-state index in [1.165, 1.54) is 38.5 Å². The molecule has 2 N–H and O–H groups in total. The molecular formula is C75H101N5O24Si2. The molecule has 2 saturated heterocycles. The van der Waals surface area contributed by atoms with Gasteiger partial charge in [0.15, 0.2) is 63.7 Å². The number of carbonyl (C=O) groups excluding carboxylic acids is 8. The van der Waals surface area contributed by atoms with Crippen LogP contribution in [0.1, 0.15) is 138 Å². The summed E-state index contributed by atoms with van der Waals surface area (Å²) in [6, 6.07) is 16.7. The first-order valence-corrected chi connectivity index (χ1v) is 41.1. The molecule has 29 nitrogen and oxygen atoms in total. The summed E-state index contributed by atoms with van der Waals surface area (Å²) < 4.78 is 81.6. The van der Waals surface area contributed by atoms with Crippen LogP contribution in [0, 0.1) is 15.5 Å². The SMILES string of the molecule is C=CCOC(=O)Nc1cc(OCCCCCOc2cc(NC(=O)OCc3ccc(O[C@@H]4O[C@H](C(=O)OC)[C@@H](OC(C)=O)[C@H](OC(C)=O)[C@H]4OC(C)=O)c([N+](=O)[O-])c3)c(C(=O)N3Cc4ccccc4C[C@H]3CO[Si](C)(C)C(C)(C)C)cc2OC)c(OC)cc1C(=O)N1CC2(CC2)C[C@H]1CO[Si](C)(C)C(C)(C)C. The van der Waals surface area contributed by atoms with Crippen LogP contribution in [0.25, 0.3) is 0 Å². The summed E-state index contributed by atoms with van der Waals surface area (Å²) >= 11 is 0. The molecule has 4 amide bonds. The summed E-state index contributed by atoms with van der Waals surface area (Å²) in [5.41, 5.74) is 1.69. The van der Waals surface area contributed by atoms with Gasteiger partial charge in [-0.3, -0.25) is 44.7 Å². The Morgan fingerprint density at radius 3 is 1.68 bits per heavy atom. The van der Waals surface area contributed by atoms with Crippen molar-refractivity contribution in [2.75, 3.05) is 71.5 Å². The molecule has 0 unspecified atom stereocenters. The lowest BCUT2D eigenvalue weighted by atomic mass is 9.93. The second-order valence-electron chi connectivity index (χ2n) is 29.9. The number of likely N-dealkylation sites (tertiary alicyclic amines) is 1. The molecule has 578 valence electrons. The molecule has 8 rings (SSSR count). The molecule has 7 atom stereocenters. The second-order valence-corrected chi connectivity index (χ2v) is 39.5. The number of benzene rings is 4. The van der Waals surface area contributed by atoms with Gasteiger partial charge in [0.2, 0.25) is 12.4 Å². The molecule has 1 spiro atoms. The van der Waals surface area contributed by atoms with Crippen molar-refractivity contribution >= 4 is 81.6 Å². The number of nitrogens with zero attached hydrogens (tertiary/aromatic N) is 3. The van der Waals surface area contributed by atoms with Crippen molar-refractivity contribution in [3.05, 3.63) is 117 Å². The maximum absolute atomic E-state index is 15.4. The predicted octanol–water partition coefficient (Wildman–Crippen LogP) is 12.4. The van der Waals surface area contributed by atoms with Crippen molar-refractivity contribution in [1.82, 2.24) is 9.80 Å². The Bertz CT molecular complexity index is 3900. The number of rotatable bonds is 31. The zero-order chi connectivity index (χ0) is 77.8. The van der Waals surface area contributed by atoms with Crippen LogP contribution >= 0.6 is 0 Å². The summed E-state index contributed by atoms with van der Waals surface area (Å²) in [5.74, 6) is -4.43. The maximum atomic E-state index is 15.4. The molecule has 4 aliphatic rings. The van der Waals surface area contributed by atoms with Gasteiger partial charge in [0.05, 0.1) is 87.3 Å². The van der Waals surface area contributed by atoms with E-state index in [1.54, 1.807) is 17.0 Å². The highest BCUT2D eigenvalue weighted by Gasteiger charge is 2.57. The van der Waals surface area contributed by atoms with Crippen molar-refractivity contribution in [3.8, 4) is 28.7 Å². The minimum Gasteiger partial charge on any atom is -0.493 e. The number of nitrogens with one attached hydrogen (secondary N) is 2. The highest BCUT2D eigenvalue weighted by Crippen LogP contribution is 2.56. The minimum atomic E-state index is -2.35. The molecular weight excluding hydrogens is 1410 g/mol. The number of anilines is 2. The minimum absolute atomic E-state index is 0.00658. The molecule has 3 aliphatic heterocycles. The van der Waals surface area contributed by atoms with Gasteiger partial charge in [0.25, 0.3) is 11.8 Å². The smallest absolute Gasteiger partial charge is 0.411 e. The average Bonchev–Trinajstić information content (AvgIpc) is 1.55. The zero-order valence-electron chi connectivity index (χ0n) is 63.4. The molecule has 4 aromatic carbocycles. The van der Waals surface area contributed by atoms with Gasteiger partial charge in [-0.2, -0.15) is 0 Å². The molecule has 1 saturated carbocycles. The molecule has 106 heavy (non-hydrogen) atoms. The zero-order valence-corrected chi connectivity index (χ0v) is 65.4. The van der Waals surface area contributed by atoms with Crippen LogP contribution in [-0.2, 0) is 80.8 Å². The Labute approximate surface area is 620 Å². The van der Waals surface area contributed by atoms with Crippen LogP contribution in [0.3, 0.4) is 0 Å². The fourth-order valence-electron chi connectivity index (χ4n) is 12.2. The summed E-state index contributed by atoms with van der Waals surface area (Å²) in [6.45, 7) is 29.2. The van der Waals surface area contributed by atoms with E-state index in [2.05, 4.69) is 84.9 Å². The van der Waals surface area contributed by atoms with E-state index in [1.807, 2.05) is 29.2 Å². The van der Waals surface area contributed by atoms with Crippen molar-refractivity contribution < 1.29 is 109 Å². The number of fused-ring (bicyclic) bond motifs is 1. The quantitative estimate of drug-likeness (QED) is 0.00899. The number of amides is 4. The van der Waals surface area contributed by atoms with Gasteiger partial charge >= 0.3 is 41.8 Å². The number of carbonyl (C=O) groups is 8. The van der Waals surface area contributed by atoms with Gasteiger partial charge in [-0.15, -0.1) is 0 Å². The van der Waals surface area contributed by atoms with Gasteiger partial charge in [0.1, 0.15) is 13.2 Å². The lowest BCUT2D eigenvalue weighted by Crippen LogP contribution is -2.64. The van der Waals surface area contributed by atoms with Gasteiger partial charge in [0, 0.05) is 52.1 Å². The van der Waals surface area contributed by atoms with Crippen LogP contribution in [0.2, 0.25) is 36.3 Å². The molecule has 0 aromatic heterocycles. The van der Waals surface area contributed by atoms with Gasteiger partial charge in [-0.05, 0) is 122 Å². The summed E-state index contributed by atoms with van der Waals surface area (Å²) in [5, 5.41) is 18.1. The molecule has 3 fully saturated rings. The van der Waals surface area contributed by atoms with Crippen LogP contribution in [0.5, 0.6) is 28.7 Å². The fourth-order valence-corrected chi connectivity index (χ4v) is 14.2. The van der Waals surface area contributed by atoms with Crippen LogP contribution in [-0.4, -0.2) is 183 Å². The number of ether oxygens (including phenoxy) is 12. The van der Waals surface area contributed by atoms with Crippen LogP contribution in [0.15, 0.2) is 79.4 Å². The molecule has 3 heterocycles. The van der Waals surface area contributed by atoms with E-state index >= 15 is 4.79 Å². The molecule has 0 radical (unpaired) electrons. The van der Waals surface area contributed by atoms with Crippen LogP contribution < -0.4 is 34.3 Å². The summed E-state index contributed by atoms with van der Waals surface area (Å²) in [4.78, 5) is 123. The van der Waals surface area contributed by atoms with Crippen molar-refractivity contribution in [2.45, 2.75) is 199 Å². The maximum Gasteiger partial charge on any atom is 0.411 e. The largest absolute Gasteiger partial charge is 0.493 e. The Hall–Kier alpha value is -9.31. The fraction of sp³-hybridized carbons (Fsp3) is 0.547. The Balaban J connectivity index is 1.01. The lowest BCUT2D eigenvalue weighted by molar-refractivity contribution is -0.387. The third-order valence-electron chi connectivity index (χ3n) is 20.2.